The lowest BCUT2D eigenvalue weighted by molar-refractivity contribution is 0.100. The Balaban J connectivity index is 2.22. The predicted molar refractivity (Wildman–Crippen MR) is 57.0 cm³/mol. The third kappa shape index (κ3) is 1.92. The van der Waals surface area contributed by atoms with Crippen LogP contribution in [0.4, 0.5) is 5.69 Å². The molecule has 5 heteroatoms. The summed E-state index contributed by atoms with van der Waals surface area (Å²) in [7, 11) is 0. The fraction of sp³-hybridized carbons (Fsp3) is 0.300. The maximum absolute atomic E-state index is 11.5. The van der Waals surface area contributed by atoms with E-state index >= 15 is 0 Å². The summed E-state index contributed by atoms with van der Waals surface area (Å²) in [4.78, 5) is 14.1. The Morgan fingerprint density at radius 1 is 1.60 bits per heavy atom. The lowest BCUT2D eigenvalue weighted by Gasteiger charge is -2.02. The van der Waals surface area contributed by atoms with Gasteiger partial charge in [0.15, 0.2) is 5.78 Å². The summed E-state index contributed by atoms with van der Waals surface area (Å²) in [5.74, 6) is -0.149. The third-order valence-electron chi connectivity index (χ3n) is 2.42. The number of hydrogen-bond donors (Lipinski definition) is 1. The van der Waals surface area contributed by atoms with E-state index in [4.69, 9.17) is 5.53 Å². The number of nitrogens with zero attached hydrogens (tertiary/aromatic N) is 3. The fourth-order valence-corrected chi connectivity index (χ4v) is 1.65. The quantitative estimate of drug-likeness (QED) is 0.353. The second-order valence-electron chi connectivity index (χ2n) is 3.36. The van der Waals surface area contributed by atoms with Gasteiger partial charge in [-0.25, -0.2) is 0 Å². The normalized spacial score (nSPS) is 12.5. The second kappa shape index (κ2) is 4.02. The molecule has 1 aliphatic rings. The van der Waals surface area contributed by atoms with E-state index in [1.165, 1.54) is 5.56 Å². The zero-order valence-electron chi connectivity index (χ0n) is 8.10. The van der Waals surface area contributed by atoms with Crippen molar-refractivity contribution in [3.05, 3.63) is 39.8 Å². The van der Waals surface area contributed by atoms with Crippen LogP contribution in [0.5, 0.6) is 0 Å². The van der Waals surface area contributed by atoms with Crippen molar-refractivity contribution in [2.75, 3.05) is 18.4 Å². The number of carbonyl (C=O) groups excluding carboxylic acids is 1. The largest absolute Gasteiger partial charge is 0.384 e. The van der Waals surface area contributed by atoms with Crippen LogP contribution in [0, 0.1) is 0 Å². The highest BCUT2D eigenvalue weighted by molar-refractivity contribution is 5.98. The van der Waals surface area contributed by atoms with Gasteiger partial charge in [0.1, 0.15) is 0 Å². The Morgan fingerprint density at radius 3 is 3.27 bits per heavy atom. The summed E-state index contributed by atoms with van der Waals surface area (Å²) >= 11 is 0. The average Bonchev–Trinajstić information content (AvgIpc) is 2.72. The first kappa shape index (κ1) is 9.55. The maximum atomic E-state index is 11.5. The Kier molecular flexibility index (Phi) is 2.56. The van der Waals surface area contributed by atoms with Crippen molar-refractivity contribution in [3.63, 3.8) is 0 Å². The molecule has 76 valence electrons. The molecule has 0 radical (unpaired) electrons. The average molecular weight is 202 g/mol. The lowest BCUT2D eigenvalue weighted by atomic mass is 10.1. The van der Waals surface area contributed by atoms with Crippen molar-refractivity contribution in [3.8, 4) is 0 Å². The van der Waals surface area contributed by atoms with Gasteiger partial charge in [-0.3, -0.25) is 4.79 Å². The van der Waals surface area contributed by atoms with Gasteiger partial charge in [0, 0.05) is 22.7 Å². The van der Waals surface area contributed by atoms with E-state index < -0.39 is 0 Å². The van der Waals surface area contributed by atoms with E-state index in [1.807, 2.05) is 12.1 Å². The number of fused-ring (bicyclic) bond motifs is 1. The van der Waals surface area contributed by atoms with Crippen LogP contribution in [0.3, 0.4) is 0 Å². The van der Waals surface area contributed by atoms with Gasteiger partial charge in [-0.15, -0.1) is 0 Å². The van der Waals surface area contributed by atoms with Gasteiger partial charge in [-0.05, 0) is 23.6 Å². The van der Waals surface area contributed by atoms with Gasteiger partial charge in [-0.2, -0.15) is 0 Å². The second-order valence-corrected chi connectivity index (χ2v) is 3.36. The van der Waals surface area contributed by atoms with Crippen LogP contribution in [0.25, 0.3) is 10.4 Å². The zero-order chi connectivity index (χ0) is 10.7. The van der Waals surface area contributed by atoms with Gasteiger partial charge in [0.05, 0.1) is 6.54 Å². The molecule has 0 atom stereocenters. The van der Waals surface area contributed by atoms with Crippen molar-refractivity contribution in [2.45, 2.75) is 6.42 Å². The molecule has 1 aliphatic heterocycles. The highest BCUT2D eigenvalue weighted by Crippen LogP contribution is 2.23. The highest BCUT2D eigenvalue weighted by atomic mass is 16.1. The van der Waals surface area contributed by atoms with Crippen molar-refractivity contribution in [1.82, 2.24) is 0 Å². The number of rotatable bonds is 3. The van der Waals surface area contributed by atoms with Crippen molar-refractivity contribution in [2.24, 2.45) is 5.11 Å². The number of nitrogens with one attached hydrogen (secondary N) is 1. The fourth-order valence-electron chi connectivity index (χ4n) is 1.65. The number of azide groups is 1. The smallest absolute Gasteiger partial charge is 0.168 e. The molecular formula is C10H10N4O. The Morgan fingerprint density at radius 2 is 2.47 bits per heavy atom. The summed E-state index contributed by atoms with van der Waals surface area (Å²) in [5.41, 5.74) is 11.0. The number of ketones is 1. The number of Topliss-reactive ketones (excluding diaryl/α,β-unsaturated/α-hetero) is 1. The van der Waals surface area contributed by atoms with Crippen LogP contribution >= 0.6 is 0 Å². The molecule has 0 fully saturated rings. The molecule has 1 heterocycles. The zero-order valence-corrected chi connectivity index (χ0v) is 8.10. The Hall–Kier alpha value is -2.00. The monoisotopic (exact) mass is 202 g/mol. The van der Waals surface area contributed by atoms with Crippen LogP contribution in [0.1, 0.15) is 15.9 Å². The minimum absolute atomic E-state index is 0.116. The molecule has 1 aromatic rings. The topological polar surface area (TPSA) is 77.9 Å². The third-order valence-corrected chi connectivity index (χ3v) is 2.42. The Bertz CT molecular complexity index is 449. The molecule has 1 N–H and O–H groups in total. The molecule has 2 rings (SSSR count). The summed E-state index contributed by atoms with van der Waals surface area (Å²) in [6.07, 6.45) is 1.00. The minimum atomic E-state index is -0.149. The van der Waals surface area contributed by atoms with Gasteiger partial charge in [-0.1, -0.05) is 17.2 Å². The first-order valence-corrected chi connectivity index (χ1v) is 4.72. The minimum Gasteiger partial charge on any atom is -0.384 e. The molecule has 0 spiro atoms. The predicted octanol–water partition coefficient (Wildman–Crippen LogP) is 2.15. The van der Waals surface area contributed by atoms with Gasteiger partial charge >= 0.3 is 0 Å². The summed E-state index contributed by atoms with van der Waals surface area (Å²) < 4.78 is 0. The van der Waals surface area contributed by atoms with Crippen molar-refractivity contribution in [1.29, 1.82) is 0 Å². The first-order chi connectivity index (χ1) is 7.31. The van der Waals surface area contributed by atoms with E-state index in [0.29, 0.717) is 5.56 Å². The van der Waals surface area contributed by atoms with Crippen LogP contribution in [0.2, 0.25) is 0 Å². The van der Waals surface area contributed by atoms with Crippen molar-refractivity contribution < 1.29 is 4.79 Å². The van der Waals surface area contributed by atoms with Crippen molar-refractivity contribution >= 4 is 11.5 Å². The summed E-state index contributed by atoms with van der Waals surface area (Å²) in [5, 5.41) is 6.45. The maximum Gasteiger partial charge on any atom is 0.168 e. The van der Waals surface area contributed by atoms with Crippen LogP contribution in [0.15, 0.2) is 23.3 Å². The van der Waals surface area contributed by atoms with E-state index in [0.717, 1.165) is 18.7 Å². The van der Waals surface area contributed by atoms with E-state index in [2.05, 4.69) is 15.3 Å². The molecule has 0 amide bonds. The number of carbonyl (C=O) groups is 1. The van der Waals surface area contributed by atoms with Gasteiger partial charge < -0.3 is 5.32 Å². The molecule has 0 bridgehead atoms. The number of hydrogen-bond acceptors (Lipinski definition) is 3. The van der Waals surface area contributed by atoms with E-state index in [9.17, 15) is 4.79 Å². The molecule has 0 aromatic heterocycles. The van der Waals surface area contributed by atoms with Gasteiger partial charge in [0.2, 0.25) is 0 Å². The molecule has 0 saturated carbocycles. The molecule has 1 aromatic carbocycles. The van der Waals surface area contributed by atoms with Crippen LogP contribution in [-0.4, -0.2) is 18.9 Å². The molecular weight excluding hydrogens is 192 g/mol. The number of anilines is 1. The molecule has 15 heavy (non-hydrogen) atoms. The highest BCUT2D eigenvalue weighted by Gasteiger charge is 2.12. The molecule has 5 nitrogen and oxygen atoms in total. The van der Waals surface area contributed by atoms with Gasteiger partial charge in [0.25, 0.3) is 0 Å². The van der Waals surface area contributed by atoms with E-state index in [-0.39, 0.29) is 12.3 Å². The summed E-state index contributed by atoms with van der Waals surface area (Å²) in [6.45, 7) is 0.804. The SMILES string of the molecule is [N-]=[N+]=NCC(=O)c1ccc2c(c1)NCC2. The number of benzene rings is 1. The Labute approximate surface area is 86.7 Å². The lowest BCUT2D eigenvalue weighted by Crippen LogP contribution is -2.03. The standard InChI is InChI=1S/C10H10N4O/c11-14-13-6-10(15)8-2-1-7-3-4-12-9(7)5-8/h1-2,5,12H,3-4,6H2. The molecule has 0 saturated heterocycles. The molecule has 0 aliphatic carbocycles. The summed E-state index contributed by atoms with van der Waals surface area (Å²) in [6, 6.07) is 5.54. The van der Waals surface area contributed by atoms with E-state index in [1.54, 1.807) is 6.07 Å². The van der Waals surface area contributed by atoms with Crippen LogP contribution in [-0.2, 0) is 6.42 Å². The van der Waals surface area contributed by atoms with Crippen LogP contribution < -0.4 is 5.32 Å². The molecule has 0 unspecified atom stereocenters. The first-order valence-electron chi connectivity index (χ1n) is 4.72.